The van der Waals surface area contributed by atoms with Gasteiger partial charge < -0.3 is 6.15 Å². The molecule has 0 unspecified atom stereocenters. The van der Waals surface area contributed by atoms with Gasteiger partial charge in [0.1, 0.15) is 17.5 Å². The lowest BCUT2D eigenvalue weighted by atomic mass is 10.1. The van der Waals surface area contributed by atoms with Gasteiger partial charge in [-0.1, -0.05) is 19.9 Å². The highest BCUT2D eigenvalue weighted by molar-refractivity contribution is 5.82. The van der Waals surface area contributed by atoms with Gasteiger partial charge in [0.25, 0.3) is 0 Å². The average Bonchev–Trinajstić information content (AvgIpc) is 3.07. The first-order valence-electron chi connectivity index (χ1n) is 8.82. The number of aryl methyl sites for hydroxylation is 3. The predicted molar refractivity (Wildman–Crippen MR) is 106 cm³/mol. The number of hydrogen-bond acceptors (Lipinski definition) is 6. The maximum Gasteiger partial charge on any atom is 0.150 e. The fourth-order valence-corrected chi connectivity index (χ4v) is 3.01. The van der Waals surface area contributed by atoms with Crippen molar-refractivity contribution in [2.45, 2.75) is 33.6 Å². The largest absolute Gasteiger partial charge is 0.344 e. The monoisotopic (exact) mass is 361 g/mol. The molecule has 0 saturated carbocycles. The summed E-state index contributed by atoms with van der Waals surface area (Å²) in [5.74, 6) is 2.45. The number of rotatable bonds is 4. The van der Waals surface area contributed by atoms with Crippen LogP contribution in [0.15, 0.2) is 43.0 Å². The van der Waals surface area contributed by atoms with Crippen LogP contribution in [0.25, 0.3) is 28.2 Å². The molecular weight excluding hydrogens is 338 g/mol. The molecule has 138 valence electrons. The van der Waals surface area contributed by atoms with E-state index in [-0.39, 0.29) is 6.15 Å². The number of imidazole rings is 1. The fraction of sp³-hybridized carbons (Fsp3) is 0.250. The van der Waals surface area contributed by atoms with Gasteiger partial charge in [-0.05, 0) is 31.0 Å². The van der Waals surface area contributed by atoms with Crippen LogP contribution in [0.2, 0.25) is 0 Å². The number of nitrogens with zero attached hydrogens (tertiary/aromatic N) is 6. The first-order chi connectivity index (χ1) is 12.7. The number of hydrogen-bond donors (Lipinski definition) is 1. The van der Waals surface area contributed by atoms with Crippen molar-refractivity contribution in [3.05, 3.63) is 60.1 Å². The Morgan fingerprint density at radius 1 is 0.926 bits per heavy atom. The standard InChI is InChI=1S/C20H20N6.H3N/c1-4-15-14(11-22-18(5-2)24-15)20-25-16-8-9-21-12-17(16)26(20)19-7-6-13(3)10-23-19;/h6-12H,4-5H2,1-3H3;1H3. The van der Waals surface area contributed by atoms with Crippen molar-refractivity contribution in [3.8, 4) is 17.2 Å². The zero-order chi connectivity index (χ0) is 18.1. The summed E-state index contributed by atoms with van der Waals surface area (Å²) in [6, 6.07) is 5.96. The maximum absolute atomic E-state index is 4.85. The number of fused-ring (bicyclic) bond motifs is 1. The lowest BCUT2D eigenvalue weighted by molar-refractivity contribution is 0.883. The zero-order valence-corrected chi connectivity index (χ0v) is 15.8. The van der Waals surface area contributed by atoms with Gasteiger partial charge in [-0.2, -0.15) is 0 Å². The van der Waals surface area contributed by atoms with E-state index in [2.05, 4.69) is 28.8 Å². The Kier molecular flexibility index (Phi) is 5.23. The van der Waals surface area contributed by atoms with Crippen molar-refractivity contribution in [2.24, 2.45) is 0 Å². The second kappa shape index (κ2) is 7.59. The molecule has 0 aliphatic rings. The molecule has 4 aromatic rings. The van der Waals surface area contributed by atoms with Gasteiger partial charge in [0.2, 0.25) is 0 Å². The second-order valence-corrected chi connectivity index (χ2v) is 6.18. The smallest absolute Gasteiger partial charge is 0.150 e. The van der Waals surface area contributed by atoms with Gasteiger partial charge in [0, 0.05) is 25.0 Å². The number of pyridine rings is 2. The molecule has 27 heavy (non-hydrogen) atoms. The molecule has 0 spiro atoms. The molecule has 4 aromatic heterocycles. The summed E-state index contributed by atoms with van der Waals surface area (Å²) in [5.41, 5.74) is 4.83. The van der Waals surface area contributed by atoms with Crippen LogP contribution < -0.4 is 6.15 Å². The summed E-state index contributed by atoms with van der Waals surface area (Å²) in [5, 5.41) is 0. The van der Waals surface area contributed by atoms with Gasteiger partial charge in [-0.25, -0.2) is 19.9 Å². The lowest BCUT2D eigenvalue weighted by Gasteiger charge is -2.11. The molecule has 7 heteroatoms. The molecule has 0 radical (unpaired) electrons. The Bertz CT molecular complexity index is 1070. The normalized spacial score (nSPS) is 10.8. The SMILES string of the molecule is CCc1ncc(-c2nc3ccncc3n2-c2ccc(C)cn2)c(CC)n1.N. The predicted octanol–water partition coefficient (Wildman–Crippen LogP) is 3.87. The third kappa shape index (κ3) is 3.29. The molecular formula is C20H23N7. The molecule has 0 aromatic carbocycles. The average molecular weight is 361 g/mol. The summed E-state index contributed by atoms with van der Waals surface area (Å²) in [6.45, 7) is 6.19. The molecule has 0 atom stereocenters. The lowest BCUT2D eigenvalue weighted by Crippen LogP contribution is -2.05. The van der Waals surface area contributed by atoms with Crippen LogP contribution in [0.4, 0.5) is 0 Å². The fourth-order valence-electron chi connectivity index (χ4n) is 3.01. The van der Waals surface area contributed by atoms with E-state index < -0.39 is 0 Å². The first kappa shape index (κ1) is 18.6. The van der Waals surface area contributed by atoms with Crippen molar-refractivity contribution < 1.29 is 0 Å². The van der Waals surface area contributed by atoms with Gasteiger partial charge >= 0.3 is 0 Å². The van der Waals surface area contributed by atoms with Crippen LogP contribution in [-0.4, -0.2) is 29.5 Å². The third-order valence-corrected chi connectivity index (χ3v) is 4.39. The minimum atomic E-state index is 0. The van der Waals surface area contributed by atoms with E-state index in [4.69, 9.17) is 9.97 Å². The van der Waals surface area contributed by atoms with E-state index in [1.807, 2.05) is 48.3 Å². The molecule has 4 heterocycles. The van der Waals surface area contributed by atoms with E-state index in [0.717, 1.165) is 58.2 Å². The molecule has 3 N–H and O–H groups in total. The Morgan fingerprint density at radius 3 is 2.48 bits per heavy atom. The van der Waals surface area contributed by atoms with Crippen LogP contribution in [0.1, 0.15) is 30.9 Å². The Hall–Kier alpha value is -3.19. The van der Waals surface area contributed by atoms with Gasteiger partial charge in [0.05, 0.1) is 28.5 Å². The van der Waals surface area contributed by atoms with Crippen molar-refractivity contribution in [1.29, 1.82) is 0 Å². The Morgan fingerprint density at radius 2 is 1.78 bits per heavy atom. The molecule has 0 amide bonds. The van der Waals surface area contributed by atoms with Crippen LogP contribution in [0.5, 0.6) is 0 Å². The highest BCUT2D eigenvalue weighted by atomic mass is 15.1. The molecule has 4 rings (SSSR count). The minimum Gasteiger partial charge on any atom is -0.344 e. The molecule has 0 fully saturated rings. The van der Waals surface area contributed by atoms with Gasteiger partial charge in [-0.3, -0.25) is 9.55 Å². The Balaban J connectivity index is 0.00000210. The summed E-state index contributed by atoms with van der Waals surface area (Å²) >= 11 is 0. The topological polar surface area (TPSA) is 104 Å². The van der Waals surface area contributed by atoms with Crippen molar-refractivity contribution in [2.75, 3.05) is 0 Å². The highest BCUT2D eigenvalue weighted by Gasteiger charge is 2.18. The maximum atomic E-state index is 4.85. The first-order valence-corrected chi connectivity index (χ1v) is 8.82. The Labute approximate surface area is 158 Å². The quantitative estimate of drug-likeness (QED) is 0.591. The van der Waals surface area contributed by atoms with Crippen molar-refractivity contribution in [3.63, 3.8) is 0 Å². The van der Waals surface area contributed by atoms with E-state index in [1.165, 1.54) is 0 Å². The molecule has 0 aliphatic carbocycles. The molecule has 0 bridgehead atoms. The van der Waals surface area contributed by atoms with Crippen LogP contribution >= 0.6 is 0 Å². The van der Waals surface area contributed by atoms with E-state index in [9.17, 15) is 0 Å². The summed E-state index contributed by atoms with van der Waals surface area (Å²) in [7, 11) is 0. The minimum absolute atomic E-state index is 0. The highest BCUT2D eigenvalue weighted by Crippen LogP contribution is 2.29. The van der Waals surface area contributed by atoms with E-state index in [0.29, 0.717) is 0 Å². The third-order valence-electron chi connectivity index (χ3n) is 4.39. The van der Waals surface area contributed by atoms with E-state index >= 15 is 0 Å². The van der Waals surface area contributed by atoms with Crippen molar-refractivity contribution in [1.82, 2.24) is 35.6 Å². The van der Waals surface area contributed by atoms with Crippen molar-refractivity contribution >= 4 is 11.0 Å². The number of aromatic nitrogens is 6. The van der Waals surface area contributed by atoms with Gasteiger partial charge in [0.15, 0.2) is 0 Å². The van der Waals surface area contributed by atoms with Crippen LogP contribution in [0.3, 0.4) is 0 Å². The molecule has 0 aliphatic heterocycles. The van der Waals surface area contributed by atoms with Gasteiger partial charge in [-0.15, -0.1) is 0 Å². The van der Waals surface area contributed by atoms with Crippen LogP contribution in [-0.2, 0) is 12.8 Å². The zero-order valence-electron chi connectivity index (χ0n) is 15.8. The summed E-state index contributed by atoms with van der Waals surface area (Å²) in [4.78, 5) is 22.9. The molecule has 7 nitrogen and oxygen atoms in total. The molecule has 0 saturated heterocycles. The van der Waals surface area contributed by atoms with E-state index in [1.54, 1.807) is 6.20 Å². The second-order valence-electron chi connectivity index (χ2n) is 6.18. The summed E-state index contributed by atoms with van der Waals surface area (Å²) < 4.78 is 2.03. The summed E-state index contributed by atoms with van der Waals surface area (Å²) in [6.07, 6.45) is 8.94. The van der Waals surface area contributed by atoms with Crippen LogP contribution in [0, 0.1) is 6.92 Å².